The van der Waals surface area contributed by atoms with E-state index in [0.717, 1.165) is 12.5 Å². The van der Waals surface area contributed by atoms with Gasteiger partial charge in [0.05, 0.1) is 18.1 Å². The maximum atomic E-state index is 10.8. The third-order valence-electron chi connectivity index (χ3n) is 1.55. The number of hydrogen-bond donors (Lipinski definition) is 1. The highest BCUT2D eigenvalue weighted by molar-refractivity contribution is 8.00. The average Bonchev–Trinajstić information content (AvgIpc) is 2.16. The summed E-state index contributed by atoms with van der Waals surface area (Å²) in [5, 5.41) is 9.08. The Bertz CT molecular complexity index is 469. The Hall–Kier alpha value is -1.15. The summed E-state index contributed by atoms with van der Waals surface area (Å²) in [5.74, 6) is -0.708. The van der Waals surface area contributed by atoms with Crippen molar-refractivity contribution in [3.63, 3.8) is 0 Å². The van der Waals surface area contributed by atoms with Gasteiger partial charge in [-0.25, -0.2) is 23.2 Å². The molecule has 16 heavy (non-hydrogen) atoms. The number of thioether (sulfide) groups is 1. The van der Waals surface area contributed by atoms with E-state index in [2.05, 4.69) is 9.97 Å². The van der Waals surface area contributed by atoms with Crippen LogP contribution in [0.15, 0.2) is 17.4 Å². The highest BCUT2D eigenvalue weighted by Gasteiger charge is 2.06. The van der Waals surface area contributed by atoms with E-state index in [-0.39, 0.29) is 11.4 Å². The fourth-order valence-electron chi connectivity index (χ4n) is 0.799. The van der Waals surface area contributed by atoms with Crippen molar-refractivity contribution in [3.8, 4) is 0 Å². The van der Waals surface area contributed by atoms with Gasteiger partial charge in [0, 0.05) is 12.0 Å². The molecule has 0 aromatic carbocycles. The molecule has 1 heterocycles. The van der Waals surface area contributed by atoms with Gasteiger partial charge in [-0.3, -0.25) is 0 Å². The number of hydrogen-bond acceptors (Lipinski definition) is 6. The molecule has 1 N–H and O–H groups in total. The largest absolute Gasteiger partial charge is 0.476 e. The fourth-order valence-corrected chi connectivity index (χ4v) is 2.81. The summed E-state index contributed by atoms with van der Waals surface area (Å²) in [6.07, 6.45) is 3.62. The van der Waals surface area contributed by atoms with Crippen LogP contribution >= 0.6 is 11.8 Å². The van der Waals surface area contributed by atoms with E-state index >= 15 is 0 Å². The Morgan fingerprint density at radius 2 is 2.12 bits per heavy atom. The normalized spacial score (nSPS) is 11.3. The number of aromatic nitrogens is 2. The van der Waals surface area contributed by atoms with Gasteiger partial charge in [-0.2, -0.15) is 0 Å². The van der Waals surface area contributed by atoms with Crippen molar-refractivity contribution in [2.75, 3.05) is 17.8 Å². The van der Waals surface area contributed by atoms with Crippen molar-refractivity contribution in [3.05, 3.63) is 18.1 Å². The van der Waals surface area contributed by atoms with Crippen molar-refractivity contribution >= 4 is 27.6 Å². The number of carbonyl (C=O) groups is 1. The van der Waals surface area contributed by atoms with E-state index in [1.165, 1.54) is 18.0 Å². The molecule has 0 spiro atoms. The summed E-state index contributed by atoms with van der Waals surface area (Å²) >= 11 is 1.22. The topological polar surface area (TPSA) is 97.2 Å². The Morgan fingerprint density at radius 3 is 2.56 bits per heavy atom. The van der Waals surface area contributed by atoms with Gasteiger partial charge in [-0.15, -0.1) is 11.8 Å². The highest BCUT2D eigenvalue weighted by atomic mass is 32.2. The Morgan fingerprint density at radius 1 is 1.44 bits per heavy atom. The fraction of sp³-hybridized carbons (Fsp3) is 0.375. The lowest BCUT2D eigenvalue weighted by molar-refractivity contribution is 0.0689. The zero-order valence-electron chi connectivity index (χ0n) is 8.45. The summed E-state index contributed by atoms with van der Waals surface area (Å²) in [6, 6.07) is 0. The predicted octanol–water partition coefficient (Wildman–Crippen LogP) is 0.312. The van der Waals surface area contributed by atoms with Gasteiger partial charge >= 0.3 is 5.97 Å². The lowest BCUT2D eigenvalue weighted by Crippen LogP contribution is -2.05. The van der Waals surface area contributed by atoms with Crippen molar-refractivity contribution in [1.29, 1.82) is 0 Å². The molecule has 0 aliphatic rings. The summed E-state index contributed by atoms with van der Waals surface area (Å²) in [4.78, 5) is 18.0. The molecule has 1 rings (SSSR count). The summed E-state index contributed by atoms with van der Waals surface area (Å²) in [5.41, 5.74) is -0.132. The molecule has 0 atom stereocenters. The van der Waals surface area contributed by atoms with Gasteiger partial charge in [-0.1, -0.05) is 0 Å². The third-order valence-corrected chi connectivity index (χ3v) is 3.67. The first-order valence-electron chi connectivity index (χ1n) is 4.24. The zero-order chi connectivity index (χ0) is 12.2. The Labute approximate surface area is 97.0 Å². The molecule has 0 saturated carbocycles. The van der Waals surface area contributed by atoms with E-state index in [4.69, 9.17) is 5.11 Å². The molecule has 0 fully saturated rings. The van der Waals surface area contributed by atoms with Crippen LogP contribution in [-0.2, 0) is 9.84 Å². The Balaban J connectivity index is 2.53. The van der Waals surface area contributed by atoms with Crippen LogP contribution < -0.4 is 0 Å². The maximum Gasteiger partial charge on any atom is 0.356 e. The lowest BCUT2D eigenvalue weighted by Gasteiger charge is -1.99. The summed E-state index contributed by atoms with van der Waals surface area (Å²) in [6.45, 7) is 0. The predicted molar refractivity (Wildman–Crippen MR) is 59.4 cm³/mol. The molecule has 0 amide bonds. The molecule has 0 saturated heterocycles. The van der Waals surface area contributed by atoms with E-state index < -0.39 is 15.8 Å². The molecule has 0 bridgehead atoms. The smallest absolute Gasteiger partial charge is 0.356 e. The van der Waals surface area contributed by atoms with Crippen molar-refractivity contribution in [2.45, 2.75) is 5.03 Å². The van der Waals surface area contributed by atoms with Gasteiger partial charge < -0.3 is 5.11 Å². The molecule has 1 aromatic heterocycles. The molecule has 0 radical (unpaired) electrons. The lowest BCUT2D eigenvalue weighted by atomic mass is 10.5. The van der Waals surface area contributed by atoms with E-state index in [1.807, 2.05) is 0 Å². The van der Waals surface area contributed by atoms with Crippen LogP contribution in [0.4, 0.5) is 0 Å². The molecule has 1 aromatic rings. The maximum absolute atomic E-state index is 10.8. The van der Waals surface area contributed by atoms with Gasteiger partial charge in [0.2, 0.25) is 0 Å². The van der Waals surface area contributed by atoms with Crippen LogP contribution in [0, 0.1) is 0 Å². The first-order chi connectivity index (χ1) is 7.38. The second-order valence-corrected chi connectivity index (χ2v) is 6.40. The first-order valence-corrected chi connectivity index (χ1v) is 7.29. The van der Waals surface area contributed by atoms with Gasteiger partial charge in [0.1, 0.15) is 14.9 Å². The van der Waals surface area contributed by atoms with Crippen molar-refractivity contribution < 1.29 is 18.3 Å². The highest BCUT2D eigenvalue weighted by Crippen LogP contribution is 2.13. The molecule has 88 valence electrons. The molecule has 0 aliphatic heterocycles. The minimum absolute atomic E-state index is 0.0556. The molecule has 0 unspecified atom stereocenters. The molecule has 6 nitrogen and oxygen atoms in total. The van der Waals surface area contributed by atoms with Crippen LogP contribution in [-0.4, -0.2) is 47.2 Å². The van der Waals surface area contributed by atoms with E-state index in [9.17, 15) is 13.2 Å². The molecular weight excluding hydrogens is 252 g/mol. The average molecular weight is 262 g/mol. The Kier molecular flexibility index (Phi) is 4.25. The van der Waals surface area contributed by atoms with Gasteiger partial charge in [-0.05, 0) is 0 Å². The summed E-state index contributed by atoms with van der Waals surface area (Å²) < 4.78 is 21.7. The number of rotatable bonds is 5. The van der Waals surface area contributed by atoms with Crippen LogP contribution in [0.3, 0.4) is 0 Å². The molecular formula is C8H10N2O4S2. The molecule has 8 heteroatoms. The standard InChI is InChI=1S/C8H10N2O4S2/c1-16(13,14)3-2-15-7-5-9-6(4-10-7)8(11)12/h4-5H,2-3H2,1H3,(H,11,12). The number of aromatic carboxylic acids is 1. The van der Waals surface area contributed by atoms with Crippen LogP contribution in [0.2, 0.25) is 0 Å². The van der Waals surface area contributed by atoms with Crippen molar-refractivity contribution in [1.82, 2.24) is 9.97 Å². The number of carboxylic acids is 1. The summed E-state index contributed by atoms with van der Waals surface area (Å²) in [7, 11) is -2.98. The van der Waals surface area contributed by atoms with E-state index in [1.54, 1.807) is 0 Å². The minimum Gasteiger partial charge on any atom is -0.476 e. The number of sulfone groups is 1. The van der Waals surface area contributed by atoms with E-state index in [0.29, 0.717) is 10.8 Å². The minimum atomic E-state index is -2.98. The number of carboxylic acid groups (broad SMARTS) is 1. The monoisotopic (exact) mass is 262 g/mol. The van der Waals surface area contributed by atoms with Crippen LogP contribution in [0.25, 0.3) is 0 Å². The number of nitrogens with zero attached hydrogens (tertiary/aromatic N) is 2. The van der Waals surface area contributed by atoms with Gasteiger partial charge in [0.15, 0.2) is 5.69 Å². The second kappa shape index (κ2) is 5.26. The van der Waals surface area contributed by atoms with Crippen LogP contribution in [0.5, 0.6) is 0 Å². The second-order valence-electron chi connectivity index (χ2n) is 3.02. The SMILES string of the molecule is CS(=O)(=O)CCSc1cnc(C(=O)O)cn1. The quantitative estimate of drug-likeness (QED) is 0.763. The zero-order valence-corrected chi connectivity index (χ0v) is 10.1. The molecule has 0 aliphatic carbocycles. The van der Waals surface area contributed by atoms with Gasteiger partial charge in [0.25, 0.3) is 0 Å². The van der Waals surface area contributed by atoms with Crippen molar-refractivity contribution in [2.24, 2.45) is 0 Å². The van der Waals surface area contributed by atoms with Crippen LogP contribution in [0.1, 0.15) is 10.5 Å². The third kappa shape index (κ3) is 4.58. The first kappa shape index (κ1) is 12.9.